The molecule has 0 aliphatic carbocycles. The molecule has 3 rings (SSSR count). The maximum atomic E-state index is 6.05. The zero-order chi connectivity index (χ0) is 17.5. The highest BCUT2D eigenvalue weighted by Gasteiger charge is 2.24. The summed E-state index contributed by atoms with van der Waals surface area (Å²) < 4.78 is 11.7. The van der Waals surface area contributed by atoms with E-state index in [1.807, 2.05) is 7.05 Å². The van der Waals surface area contributed by atoms with Crippen LogP contribution in [0.3, 0.4) is 0 Å². The number of piperidine rings is 1. The minimum Gasteiger partial charge on any atom is -0.376 e. The van der Waals surface area contributed by atoms with Gasteiger partial charge in [0.05, 0.1) is 36.1 Å². The molecule has 3 heterocycles. The molecular formula is C18H31IN4O2S. The first-order valence-corrected chi connectivity index (χ1v) is 10.3. The van der Waals surface area contributed by atoms with Crippen molar-refractivity contribution in [2.45, 2.75) is 57.8 Å². The lowest BCUT2D eigenvalue weighted by molar-refractivity contribution is -0.0367. The van der Waals surface area contributed by atoms with E-state index in [9.17, 15) is 0 Å². The van der Waals surface area contributed by atoms with Crippen molar-refractivity contribution < 1.29 is 9.47 Å². The average molecular weight is 494 g/mol. The van der Waals surface area contributed by atoms with Gasteiger partial charge in [0.15, 0.2) is 5.96 Å². The van der Waals surface area contributed by atoms with Crippen LogP contribution >= 0.6 is 35.3 Å². The Hall–Kier alpha value is -0.450. The molecule has 0 amide bonds. The number of nitrogens with zero attached hydrogens (tertiary/aromatic N) is 3. The second-order valence-electron chi connectivity index (χ2n) is 6.64. The normalized spacial score (nSPS) is 21.7. The van der Waals surface area contributed by atoms with Gasteiger partial charge in [0, 0.05) is 32.1 Å². The average Bonchev–Trinajstić information content (AvgIpc) is 3.33. The van der Waals surface area contributed by atoms with Crippen molar-refractivity contribution in [3.63, 3.8) is 0 Å². The molecule has 1 N–H and O–H groups in total. The lowest BCUT2D eigenvalue weighted by Gasteiger charge is -2.34. The van der Waals surface area contributed by atoms with Gasteiger partial charge in [-0.3, -0.25) is 4.99 Å². The van der Waals surface area contributed by atoms with E-state index in [1.54, 1.807) is 11.3 Å². The zero-order valence-corrected chi connectivity index (χ0v) is 18.9. The Morgan fingerprint density at radius 3 is 2.85 bits per heavy atom. The molecular weight excluding hydrogens is 463 g/mol. The molecule has 1 atom stereocenters. The third kappa shape index (κ3) is 6.31. The molecule has 148 valence electrons. The number of aromatic nitrogens is 1. The lowest BCUT2D eigenvalue weighted by atomic mass is 10.1. The largest absolute Gasteiger partial charge is 0.376 e. The summed E-state index contributed by atoms with van der Waals surface area (Å²) in [7, 11) is 1.85. The van der Waals surface area contributed by atoms with Gasteiger partial charge in [-0.25, -0.2) is 4.98 Å². The number of hydrogen-bond donors (Lipinski definition) is 1. The van der Waals surface area contributed by atoms with E-state index in [-0.39, 0.29) is 24.0 Å². The lowest BCUT2D eigenvalue weighted by Crippen LogP contribution is -2.47. The Balaban J connectivity index is 0.00000243. The van der Waals surface area contributed by atoms with Gasteiger partial charge in [0.1, 0.15) is 0 Å². The van der Waals surface area contributed by atoms with Crippen molar-refractivity contribution in [1.82, 2.24) is 15.2 Å². The van der Waals surface area contributed by atoms with Gasteiger partial charge >= 0.3 is 0 Å². The number of aryl methyl sites for hydroxylation is 1. The van der Waals surface area contributed by atoms with Crippen molar-refractivity contribution in [3.8, 4) is 0 Å². The second-order valence-corrected chi connectivity index (χ2v) is 7.58. The Morgan fingerprint density at radius 1 is 1.42 bits per heavy atom. The van der Waals surface area contributed by atoms with Crippen LogP contribution in [0, 0.1) is 0 Å². The Bertz CT molecular complexity index is 555. The summed E-state index contributed by atoms with van der Waals surface area (Å²) in [4.78, 5) is 11.4. The molecule has 2 saturated heterocycles. The van der Waals surface area contributed by atoms with Crippen molar-refractivity contribution in [3.05, 3.63) is 16.1 Å². The van der Waals surface area contributed by atoms with E-state index >= 15 is 0 Å². The van der Waals surface area contributed by atoms with Gasteiger partial charge < -0.3 is 19.7 Å². The number of halogens is 1. The molecule has 2 aliphatic rings. The molecule has 26 heavy (non-hydrogen) atoms. The predicted molar refractivity (Wildman–Crippen MR) is 117 cm³/mol. The number of guanidine groups is 1. The summed E-state index contributed by atoms with van der Waals surface area (Å²) >= 11 is 1.73. The van der Waals surface area contributed by atoms with Gasteiger partial charge in [-0.15, -0.1) is 35.3 Å². The fraction of sp³-hybridized carbons (Fsp3) is 0.778. The van der Waals surface area contributed by atoms with Crippen molar-refractivity contribution >= 4 is 41.3 Å². The number of aliphatic imine (C=N–C) groups is 1. The van der Waals surface area contributed by atoms with E-state index < -0.39 is 0 Å². The molecule has 0 aromatic carbocycles. The fourth-order valence-corrected chi connectivity index (χ4v) is 4.09. The molecule has 2 aliphatic heterocycles. The van der Waals surface area contributed by atoms with Crippen molar-refractivity contribution in [2.24, 2.45) is 4.99 Å². The van der Waals surface area contributed by atoms with E-state index in [1.165, 1.54) is 11.4 Å². The molecule has 1 aromatic heterocycles. The Morgan fingerprint density at radius 2 is 2.23 bits per heavy atom. The highest BCUT2D eigenvalue weighted by Crippen LogP contribution is 2.18. The molecule has 8 heteroatoms. The summed E-state index contributed by atoms with van der Waals surface area (Å²) in [5.41, 5.74) is 1.10. The van der Waals surface area contributed by atoms with Crippen LogP contribution < -0.4 is 5.32 Å². The first-order chi connectivity index (χ1) is 12.3. The Labute approximate surface area is 177 Å². The minimum atomic E-state index is 0. The molecule has 0 spiro atoms. The fourth-order valence-electron chi connectivity index (χ4n) is 3.35. The van der Waals surface area contributed by atoms with Gasteiger partial charge in [-0.2, -0.15) is 0 Å². The number of rotatable bonds is 6. The maximum absolute atomic E-state index is 6.05. The number of ether oxygens (including phenoxy) is 2. The quantitative estimate of drug-likeness (QED) is 0.374. The molecule has 6 nitrogen and oxygen atoms in total. The topological polar surface area (TPSA) is 59.0 Å². The first-order valence-electron chi connectivity index (χ1n) is 9.40. The van der Waals surface area contributed by atoms with Crippen molar-refractivity contribution in [2.75, 3.05) is 33.4 Å². The molecule has 1 unspecified atom stereocenters. The number of nitrogens with one attached hydrogen (secondary N) is 1. The van der Waals surface area contributed by atoms with Crippen LogP contribution in [0.25, 0.3) is 0 Å². The third-order valence-electron chi connectivity index (χ3n) is 4.82. The summed E-state index contributed by atoms with van der Waals surface area (Å²) in [6.45, 7) is 6.48. The van der Waals surface area contributed by atoms with Gasteiger partial charge in [-0.05, 0) is 32.1 Å². The predicted octanol–water partition coefficient (Wildman–Crippen LogP) is 3.06. The smallest absolute Gasteiger partial charge is 0.193 e. The Kier molecular flexibility index (Phi) is 9.58. The second kappa shape index (κ2) is 11.4. The number of thiazole rings is 1. The van der Waals surface area contributed by atoms with Crippen LogP contribution in [-0.4, -0.2) is 61.4 Å². The number of likely N-dealkylation sites (tertiary alicyclic amines) is 1. The zero-order valence-electron chi connectivity index (χ0n) is 15.8. The van der Waals surface area contributed by atoms with Crippen LogP contribution in [-0.2, 0) is 22.4 Å². The van der Waals surface area contributed by atoms with Crippen LogP contribution in [0.4, 0.5) is 0 Å². The van der Waals surface area contributed by atoms with E-state index in [0.29, 0.717) is 12.2 Å². The standard InChI is InChI=1S/C18H30N4O2S.HI/c1-3-17-21-14(13-25-17)11-20-18(19-2)22-8-6-15(7-9-22)24-12-16-5-4-10-23-16;/h13,15-16H,3-12H2,1-2H3,(H,19,20);1H. The molecule has 2 fully saturated rings. The van der Waals surface area contributed by atoms with E-state index in [0.717, 1.165) is 70.2 Å². The SMILES string of the molecule is CCc1nc(CNC(=NC)N2CCC(OCC3CCCO3)CC2)cs1.I. The highest BCUT2D eigenvalue weighted by atomic mass is 127. The van der Waals surface area contributed by atoms with Gasteiger partial charge in [0.2, 0.25) is 0 Å². The third-order valence-corrected chi connectivity index (χ3v) is 5.87. The molecule has 1 aromatic rings. The minimum absolute atomic E-state index is 0. The van der Waals surface area contributed by atoms with Gasteiger partial charge in [-0.1, -0.05) is 6.92 Å². The summed E-state index contributed by atoms with van der Waals surface area (Å²) in [6, 6.07) is 0. The molecule has 0 bridgehead atoms. The van der Waals surface area contributed by atoms with Crippen LogP contribution in [0.5, 0.6) is 0 Å². The summed E-state index contributed by atoms with van der Waals surface area (Å²) in [5.74, 6) is 0.962. The van der Waals surface area contributed by atoms with Crippen LogP contribution in [0.1, 0.15) is 43.3 Å². The summed E-state index contributed by atoms with van der Waals surface area (Å²) in [6.07, 6.45) is 6.08. The van der Waals surface area contributed by atoms with Crippen LogP contribution in [0.15, 0.2) is 10.4 Å². The van der Waals surface area contributed by atoms with E-state index in [2.05, 4.69) is 32.5 Å². The summed E-state index contributed by atoms with van der Waals surface area (Å²) in [5, 5.41) is 6.76. The maximum Gasteiger partial charge on any atom is 0.193 e. The highest BCUT2D eigenvalue weighted by molar-refractivity contribution is 14.0. The first kappa shape index (κ1) is 21.8. The molecule has 0 radical (unpaired) electrons. The van der Waals surface area contributed by atoms with E-state index in [4.69, 9.17) is 9.47 Å². The number of hydrogen-bond acceptors (Lipinski definition) is 5. The molecule has 0 saturated carbocycles. The monoisotopic (exact) mass is 494 g/mol. The van der Waals surface area contributed by atoms with Gasteiger partial charge in [0.25, 0.3) is 0 Å². The van der Waals surface area contributed by atoms with Crippen molar-refractivity contribution in [1.29, 1.82) is 0 Å². The van der Waals surface area contributed by atoms with Crippen LogP contribution in [0.2, 0.25) is 0 Å².